The van der Waals surface area contributed by atoms with E-state index in [0.29, 0.717) is 0 Å². The van der Waals surface area contributed by atoms with Gasteiger partial charge in [0.1, 0.15) is 0 Å². The van der Waals surface area contributed by atoms with Gasteiger partial charge in [0, 0.05) is 12.2 Å². The van der Waals surface area contributed by atoms with E-state index in [1.54, 1.807) is 0 Å². The molecule has 0 aromatic heterocycles. The van der Waals surface area contributed by atoms with Gasteiger partial charge in [0.25, 0.3) is 0 Å². The van der Waals surface area contributed by atoms with E-state index in [2.05, 4.69) is 104 Å². The lowest BCUT2D eigenvalue weighted by Crippen LogP contribution is -2.17. The minimum absolute atomic E-state index is 0.147. The van der Waals surface area contributed by atoms with Crippen LogP contribution in [0.3, 0.4) is 0 Å². The molecule has 0 spiro atoms. The zero-order valence-corrected chi connectivity index (χ0v) is 19.3. The van der Waals surface area contributed by atoms with Crippen LogP contribution in [-0.4, -0.2) is 6.54 Å². The molecule has 0 fully saturated rings. The molecule has 0 amide bonds. The predicted octanol–water partition coefficient (Wildman–Crippen LogP) is 7.80. The molecule has 0 saturated heterocycles. The first-order chi connectivity index (χ1) is 12.9. The van der Waals surface area contributed by atoms with Gasteiger partial charge in [-0.1, -0.05) is 78.0 Å². The Bertz CT molecular complexity index is 796. The molecule has 2 aromatic carbocycles. The van der Waals surface area contributed by atoms with Crippen molar-refractivity contribution in [2.45, 2.75) is 79.1 Å². The van der Waals surface area contributed by atoms with Crippen LogP contribution in [0.4, 0.5) is 5.69 Å². The number of allylic oxidation sites excluding steroid dienone is 1. The summed E-state index contributed by atoms with van der Waals surface area (Å²) in [6.07, 6.45) is 2.10. The molecule has 0 bridgehead atoms. The van der Waals surface area contributed by atoms with Crippen molar-refractivity contribution in [3.63, 3.8) is 0 Å². The Kier molecular flexibility index (Phi) is 6.80. The maximum absolute atomic E-state index is 4.34. The van der Waals surface area contributed by atoms with E-state index in [9.17, 15) is 0 Å². The van der Waals surface area contributed by atoms with E-state index in [1.807, 2.05) is 0 Å². The smallest absolute Gasteiger partial charge is 0.0346 e. The van der Waals surface area contributed by atoms with Gasteiger partial charge in [-0.25, -0.2) is 0 Å². The molecular formula is C27H39N. The molecule has 0 heterocycles. The topological polar surface area (TPSA) is 12.0 Å². The summed E-state index contributed by atoms with van der Waals surface area (Å²) in [5.41, 5.74) is 9.47. The highest BCUT2D eigenvalue weighted by molar-refractivity contribution is 5.66. The molecule has 0 atom stereocenters. The molecular weight excluding hydrogens is 338 g/mol. The third kappa shape index (κ3) is 5.99. The van der Waals surface area contributed by atoms with Crippen LogP contribution >= 0.6 is 0 Å². The minimum Gasteiger partial charge on any atom is -0.385 e. The molecule has 0 aliphatic heterocycles. The average Bonchev–Trinajstić information content (AvgIpc) is 2.59. The highest BCUT2D eigenvalue weighted by Crippen LogP contribution is 2.32. The van der Waals surface area contributed by atoms with Crippen molar-refractivity contribution in [2.75, 3.05) is 11.9 Å². The van der Waals surface area contributed by atoms with Gasteiger partial charge in [-0.3, -0.25) is 0 Å². The maximum atomic E-state index is 4.34. The molecule has 2 rings (SSSR count). The van der Waals surface area contributed by atoms with Gasteiger partial charge >= 0.3 is 0 Å². The molecule has 28 heavy (non-hydrogen) atoms. The summed E-state index contributed by atoms with van der Waals surface area (Å²) in [7, 11) is 0. The van der Waals surface area contributed by atoms with Crippen molar-refractivity contribution < 1.29 is 0 Å². The summed E-state index contributed by atoms with van der Waals surface area (Å²) in [6, 6.07) is 13.6. The molecule has 0 saturated carbocycles. The predicted molar refractivity (Wildman–Crippen MR) is 127 cm³/mol. The van der Waals surface area contributed by atoms with Gasteiger partial charge in [-0.15, -0.1) is 0 Å². The Hall–Kier alpha value is -2.02. The Morgan fingerprint density at radius 3 is 1.96 bits per heavy atom. The summed E-state index contributed by atoms with van der Waals surface area (Å²) in [4.78, 5) is 0. The molecule has 0 aliphatic rings. The van der Waals surface area contributed by atoms with Crippen LogP contribution < -0.4 is 5.32 Å². The highest BCUT2D eigenvalue weighted by Gasteiger charge is 2.20. The van der Waals surface area contributed by atoms with Crippen LogP contribution in [0, 0.1) is 13.8 Å². The fourth-order valence-electron chi connectivity index (χ4n) is 3.38. The first-order valence-electron chi connectivity index (χ1n) is 10.5. The molecule has 1 N–H and O–H groups in total. The minimum atomic E-state index is 0.147. The molecule has 152 valence electrons. The first kappa shape index (κ1) is 22.3. The monoisotopic (exact) mass is 377 g/mol. The molecule has 1 nitrogen and oxygen atoms in total. The molecule has 0 unspecified atom stereocenters. The lowest BCUT2D eigenvalue weighted by molar-refractivity contribution is 0.569. The fraction of sp³-hybridized carbons (Fsp3) is 0.481. The second-order valence-corrected chi connectivity index (χ2v) is 10.3. The Morgan fingerprint density at radius 1 is 0.857 bits per heavy atom. The van der Waals surface area contributed by atoms with Gasteiger partial charge in [0.2, 0.25) is 0 Å². The van der Waals surface area contributed by atoms with E-state index < -0.39 is 0 Å². The maximum Gasteiger partial charge on any atom is 0.0346 e. The van der Waals surface area contributed by atoms with Gasteiger partial charge < -0.3 is 5.32 Å². The van der Waals surface area contributed by atoms with Crippen LogP contribution in [0.5, 0.6) is 0 Å². The normalized spacial score (nSPS) is 12.1. The third-order valence-corrected chi connectivity index (χ3v) is 5.42. The van der Waals surface area contributed by atoms with Crippen LogP contribution in [0.1, 0.15) is 82.2 Å². The van der Waals surface area contributed by atoms with Crippen LogP contribution in [0.25, 0.3) is 5.57 Å². The summed E-state index contributed by atoms with van der Waals surface area (Å²) in [5, 5.41) is 3.66. The van der Waals surface area contributed by atoms with E-state index in [0.717, 1.165) is 19.4 Å². The second-order valence-electron chi connectivity index (χ2n) is 10.3. The van der Waals surface area contributed by atoms with E-state index >= 15 is 0 Å². The van der Waals surface area contributed by atoms with Gasteiger partial charge in [0.05, 0.1) is 0 Å². The van der Waals surface area contributed by atoms with Gasteiger partial charge in [0.15, 0.2) is 0 Å². The second kappa shape index (κ2) is 8.55. The number of anilines is 1. The van der Waals surface area contributed by atoms with E-state index in [4.69, 9.17) is 0 Å². The van der Waals surface area contributed by atoms with Crippen molar-refractivity contribution in [3.05, 3.63) is 70.8 Å². The molecule has 0 radical (unpaired) electrons. The zero-order valence-electron chi connectivity index (χ0n) is 19.3. The molecule has 2 aromatic rings. The summed E-state index contributed by atoms with van der Waals surface area (Å²) < 4.78 is 0. The number of rotatable bonds is 6. The van der Waals surface area contributed by atoms with Gasteiger partial charge in [-0.05, 0) is 77.5 Å². The number of hydrogen-bond donors (Lipinski definition) is 1. The van der Waals surface area contributed by atoms with Crippen LogP contribution in [0.2, 0.25) is 0 Å². The standard InChI is InChI=1S/C27H39N/c1-19-12-13-21(3)25(15-19)20(2)11-10-14-28-24-17-22(26(4,5)6)16-23(18-24)27(7,8)9/h12-13,15-18,28H,2,10-11,14H2,1,3-9H3. The third-order valence-electron chi connectivity index (χ3n) is 5.42. The summed E-state index contributed by atoms with van der Waals surface area (Å²) >= 11 is 0. The zero-order chi connectivity index (χ0) is 21.1. The Labute approximate surface area is 173 Å². The number of benzene rings is 2. The lowest BCUT2D eigenvalue weighted by Gasteiger charge is -2.26. The average molecular weight is 378 g/mol. The summed E-state index contributed by atoms with van der Waals surface area (Å²) in [5.74, 6) is 0. The van der Waals surface area contributed by atoms with Crippen molar-refractivity contribution in [1.29, 1.82) is 0 Å². The number of hydrogen-bond acceptors (Lipinski definition) is 1. The Balaban J connectivity index is 2.04. The van der Waals surface area contributed by atoms with Crippen molar-refractivity contribution >= 4 is 11.3 Å². The van der Waals surface area contributed by atoms with Crippen LogP contribution in [-0.2, 0) is 10.8 Å². The van der Waals surface area contributed by atoms with E-state index in [-0.39, 0.29) is 10.8 Å². The van der Waals surface area contributed by atoms with Gasteiger partial charge in [-0.2, -0.15) is 0 Å². The SMILES string of the molecule is C=C(CCCNc1cc(C(C)(C)C)cc(C(C)(C)C)c1)c1cc(C)ccc1C. The molecule has 1 heteroatoms. The van der Waals surface area contributed by atoms with E-state index in [1.165, 1.54) is 39.1 Å². The highest BCUT2D eigenvalue weighted by atomic mass is 14.9. The van der Waals surface area contributed by atoms with Crippen molar-refractivity contribution in [2.24, 2.45) is 0 Å². The van der Waals surface area contributed by atoms with Crippen molar-refractivity contribution in [3.8, 4) is 0 Å². The first-order valence-corrected chi connectivity index (χ1v) is 10.5. The molecule has 0 aliphatic carbocycles. The fourth-order valence-corrected chi connectivity index (χ4v) is 3.38. The Morgan fingerprint density at radius 2 is 1.43 bits per heavy atom. The number of nitrogens with one attached hydrogen (secondary N) is 1. The summed E-state index contributed by atoms with van der Waals surface area (Å²) in [6.45, 7) is 23.3. The van der Waals surface area contributed by atoms with Crippen molar-refractivity contribution in [1.82, 2.24) is 0 Å². The lowest BCUT2D eigenvalue weighted by atomic mass is 9.80. The largest absolute Gasteiger partial charge is 0.385 e. The van der Waals surface area contributed by atoms with Crippen LogP contribution in [0.15, 0.2) is 43.0 Å². The quantitative estimate of drug-likeness (QED) is 0.506. The number of aryl methyl sites for hydroxylation is 2.